The molecule has 3 aromatic rings. The van der Waals surface area contributed by atoms with E-state index in [2.05, 4.69) is 0 Å². The number of aromatic hydroxyl groups is 1. The second kappa shape index (κ2) is 8.05. The third kappa shape index (κ3) is 3.85. The fourth-order valence-electron chi connectivity index (χ4n) is 2.88. The van der Waals surface area contributed by atoms with E-state index in [9.17, 15) is 19.4 Å². The van der Waals surface area contributed by atoms with Crippen molar-refractivity contribution in [3.8, 4) is 22.8 Å². The molecule has 0 radical (unpaired) electrons. The molecule has 5 nitrogen and oxygen atoms in total. The van der Waals surface area contributed by atoms with Gasteiger partial charge in [-0.05, 0) is 36.8 Å². The summed E-state index contributed by atoms with van der Waals surface area (Å²) in [5.74, 6) is -0.557. The third-order valence-electron chi connectivity index (χ3n) is 4.29. The van der Waals surface area contributed by atoms with E-state index in [4.69, 9.17) is 4.74 Å². The lowest BCUT2D eigenvalue weighted by atomic mass is 10.1. The van der Waals surface area contributed by atoms with Crippen molar-refractivity contribution in [1.29, 1.82) is 0 Å². The van der Waals surface area contributed by atoms with Gasteiger partial charge >= 0.3 is 0 Å². The Morgan fingerprint density at radius 1 is 1.07 bits per heavy atom. The van der Waals surface area contributed by atoms with Gasteiger partial charge in [0.15, 0.2) is 11.5 Å². The van der Waals surface area contributed by atoms with Gasteiger partial charge in [-0.15, -0.1) is 0 Å². The first-order chi connectivity index (χ1) is 13.0. The Bertz CT molecular complexity index is 982. The molecule has 2 aromatic carbocycles. The van der Waals surface area contributed by atoms with E-state index >= 15 is 0 Å². The smallest absolute Gasteiger partial charge is 0.257 e. The highest BCUT2D eigenvalue weighted by atomic mass is 19.1. The van der Waals surface area contributed by atoms with Crippen molar-refractivity contribution in [1.82, 2.24) is 4.57 Å². The standard InChI is InChI=1S/C21H20FNO4/c1-14-19(25)20(27-13-15-5-3-2-4-6-15)18(23(11-12-24)21(14)26)16-7-9-17(22)10-8-16/h2-10,24-25H,11-13H2,1H3. The Kier molecular flexibility index (Phi) is 5.57. The molecule has 0 saturated heterocycles. The molecule has 2 N–H and O–H groups in total. The van der Waals surface area contributed by atoms with Crippen molar-refractivity contribution in [3.63, 3.8) is 0 Å². The van der Waals surface area contributed by atoms with Crippen LogP contribution in [-0.4, -0.2) is 21.4 Å². The topological polar surface area (TPSA) is 71.7 Å². The highest BCUT2D eigenvalue weighted by Gasteiger charge is 2.22. The number of aliphatic hydroxyl groups is 1. The zero-order valence-corrected chi connectivity index (χ0v) is 14.9. The van der Waals surface area contributed by atoms with Crippen molar-refractivity contribution < 1.29 is 19.3 Å². The van der Waals surface area contributed by atoms with E-state index in [0.717, 1.165) is 5.56 Å². The average molecular weight is 369 g/mol. The minimum Gasteiger partial charge on any atom is -0.504 e. The Balaban J connectivity index is 2.17. The van der Waals surface area contributed by atoms with Gasteiger partial charge < -0.3 is 19.5 Å². The normalized spacial score (nSPS) is 10.8. The summed E-state index contributed by atoms with van der Waals surface area (Å²) in [6.45, 7) is 1.43. The summed E-state index contributed by atoms with van der Waals surface area (Å²) >= 11 is 0. The molecule has 0 unspecified atom stereocenters. The Morgan fingerprint density at radius 3 is 2.37 bits per heavy atom. The molecule has 0 atom stereocenters. The summed E-state index contributed by atoms with van der Waals surface area (Å²) in [4.78, 5) is 12.6. The number of aromatic nitrogens is 1. The van der Waals surface area contributed by atoms with Gasteiger partial charge in [-0.25, -0.2) is 4.39 Å². The van der Waals surface area contributed by atoms with Gasteiger partial charge in [0.1, 0.15) is 12.4 Å². The first-order valence-electron chi connectivity index (χ1n) is 8.52. The maximum absolute atomic E-state index is 13.4. The quantitative estimate of drug-likeness (QED) is 0.700. The van der Waals surface area contributed by atoms with Gasteiger partial charge in [0.25, 0.3) is 5.56 Å². The largest absolute Gasteiger partial charge is 0.504 e. The number of rotatable bonds is 6. The van der Waals surface area contributed by atoms with E-state index in [-0.39, 0.29) is 36.8 Å². The molecular formula is C21H20FNO4. The molecule has 0 saturated carbocycles. The van der Waals surface area contributed by atoms with Crippen LogP contribution in [0.5, 0.6) is 11.5 Å². The van der Waals surface area contributed by atoms with Gasteiger partial charge in [-0.1, -0.05) is 30.3 Å². The van der Waals surface area contributed by atoms with Crippen LogP contribution in [0.25, 0.3) is 11.3 Å². The van der Waals surface area contributed by atoms with Gasteiger partial charge in [-0.2, -0.15) is 0 Å². The average Bonchev–Trinajstić information content (AvgIpc) is 2.69. The molecule has 0 aliphatic carbocycles. The lowest BCUT2D eigenvalue weighted by molar-refractivity contribution is 0.266. The fraction of sp³-hybridized carbons (Fsp3) is 0.190. The number of pyridine rings is 1. The van der Waals surface area contributed by atoms with E-state index in [1.807, 2.05) is 30.3 Å². The Hall–Kier alpha value is -3.12. The molecule has 0 aliphatic heterocycles. The molecule has 0 aliphatic rings. The summed E-state index contributed by atoms with van der Waals surface area (Å²) < 4.78 is 20.6. The van der Waals surface area contributed by atoms with Crippen molar-refractivity contribution in [2.75, 3.05) is 6.61 Å². The number of aliphatic hydroxyl groups excluding tert-OH is 1. The van der Waals surface area contributed by atoms with Crippen LogP contribution < -0.4 is 10.3 Å². The molecule has 1 aromatic heterocycles. The van der Waals surface area contributed by atoms with E-state index < -0.39 is 11.4 Å². The van der Waals surface area contributed by atoms with Crippen LogP contribution in [0.4, 0.5) is 4.39 Å². The predicted octanol–water partition coefficient (Wildman–Crippen LogP) is 3.24. The van der Waals surface area contributed by atoms with E-state index in [1.165, 1.54) is 35.8 Å². The van der Waals surface area contributed by atoms with E-state index in [0.29, 0.717) is 11.3 Å². The number of nitrogens with zero attached hydrogens (tertiary/aromatic N) is 1. The predicted molar refractivity (Wildman–Crippen MR) is 100 cm³/mol. The van der Waals surface area contributed by atoms with Crippen molar-refractivity contribution in [3.05, 3.63) is 81.9 Å². The van der Waals surface area contributed by atoms with Crippen LogP contribution in [0.1, 0.15) is 11.1 Å². The van der Waals surface area contributed by atoms with Crippen molar-refractivity contribution >= 4 is 0 Å². The number of benzene rings is 2. The van der Waals surface area contributed by atoms with Crippen LogP contribution in [0.15, 0.2) is 59.4 Å². The molecule has 6 heteroatoms. The van der Waals surface area contributed by atoms with Crippen LogP contribution in [0.3, 0.4) is 0 Å². The van der Waals surface area contributed by atoms with Crippen LogP contribution in [-0.2, 0) is 13.2 Å². The highest BCUT2D eigenvalue weighted by Crippen LogP contribution is 2.38. The van der Waals surface area contributed by atoms with Crippen molar-refractivity contribution in [2.24, 2.45) is 0 Å². The van der Waals surface area contributed by atoms with Crippen LogP contribution in [0.2, 0.25) is 0 Å². The summed E-state index contributed by atoms with van der Waals surface area (Å²) in [6, 6.07) is 14.9. The molecule has 0 fully saturated rings. The fourth-order valence-corrected chi connectivity index (χ4v) is 2.88. The number of halogens is 1. The number of hydrogen-bond donors (Lipinski definition) is 2. The zero-order valence-electron chi connectivity index (χ0n) is 14.9. The Labute approximate surface area is 155 Å². The molecular weight excluding hydrogens is 349 g/mol. The summed E-state index contributed by atoms with van der Waals surface area (Å²) in [5, 5.41) is 20.0. The van der Waals surface area contributed by atoms with Gasteiger partial charge in [0, 0.05) is 12.1 Å². The van der Waals surface area contributed by atoms with Crippen LogP contribution in [0, 0.1) is 12.7 Å². The van der Waals surface area contributed by atoms with Gasteiger partial charge in [0.2, 0.25) is 0 Å². The minimum atomic E-state index is -0.437. The molecule has 0 bridgehead atoms. The first-order valence-corrected chi connectivity index (χ1v) is 8.52. The van der Waals surface area contributed by atoms with Crippen LogP contribution >= 0.6 is 0 Å². The minimum absolute atomic E-state index is 0.0222. The van der Waals surface area contributed by atoms with E-state index in [1.54, 1.807) is 0 Å². The summed E-state index contributed by atoms with van der Waals surface area (Å²) in [5.41, 5.74) is 1.37. The maximum atomic E-state index is 13.4. The molecule has 140 valence electrons. The molecule has 0 spiro atoms. The summed E-state index contributed by atoms with van der Waals surface area (Å²) in [7, 11) is 0. The molecule has 27 heavy (non-hydrogen) atoms. The second-order valence-electron chi connectivity index (χ2n) is 6.11. The number of ether oxygens (including phenoxy) is 1. The third-order valence-corrected chi connectivity index (χ3v) is 4.29. The second-order valence-corrected chi connectivity index (χ2v) is 6.11. The molecule has 1 heterocycles. The number of hydrogen-bond acceptors (Lipinski definition) is 4. The van der Waals surface area contributed by atoms with Gasteiger partial charge in [0.05, 0.1) is 17.9 Å². The lowest BCUT2D eigenvalue weighted by Crippen LogP contribution is -2.26. The van der Waals surface area contributed by atoms with Crippen molar-refractivity contribution in [2.45, 2.75) is 20.1 Å². The SMILES string of the molecule is Cc1c(O)c(OCc2ccccc2)c(-c2ccc(F)cc2)n(CCO)c1=O. The first kappa shape index (κ1) is 18.7. The maximum Gasteiger partial charge on any atom is 0.257 e. The molecule has 3 rings (SSSR count). The monoisotopic (exact) mass is 369 g/mol. The summed E-state index contributed by atoms with van der Waals surface area (Å²) in [6.07, 6.45) is 0. The highest BCUT2D eigenvalue weighted by molar-refractivity contribution is 5.71. The Morgan fingerprint density at radius 2 is 1.74 bits per heavy atom. The molecule has 0 amide bonds. The van der Waals surface area contributed by atoms with Gasteiger partial charge in [-0.3, -0.25) is 4.79 Å². The lowest BCUT2D eigenvalue weighted by Gasteiger charge is -2.20. The zero-order chi connectivity index (χ0) is 19.4.